The van der Waals surface area contributed by atoms with E-state index in [4.69, 9.17) is 0 Å². The number of aromatic nitrogens is 5. The van der Waals surface area contributed by atoms with Crippen LogP contribution < -0.4 is 5.56 Å². The smallest absolute Gasteiger partial charge is 0.281 e. The van der Waals surface area contributed by atoms with Crippen LogP contribution >= 0.6 is 0 Å². The fraction of sp³-hybridized carbons (Fsp3) is 0.273. The Labute approximate surface area is 168 Å². The van der Waals surface area contributed by atoms with Crippen molar-refractivity contribution in [3.63, 3.8) is 0 Å². The molecule has 0 fully saturated rings. The van der Waals surface area contributed by atoms with Crippen LogP contribution in [0.4, 0.5) is 0 Å². The Morgan fingerprint density at radius 1 is 1.07 bits per heavy atom. The van der Waals surface area contributed by atoms with Crippen LogP contribution in [0.25, 0.3) is 11.2 Å². The number of nitrogens with one attached hydrogen (secondary N) is 1. The van der Waals surface area contributed by atoms with Gasteiger partial charge in [0.25, 0.3) is 5.56 Å². The molecule has 0 aliphatic rings. The summed E-state index contributed by atoms with van der Waals surface area (Å²) in [6.07, 6.45) is 1.81. The molecule has 2 heterocycles. The number of benzene rings is 2. The average Bonchev–Trinajstić information content (AvgIpc) is 3.19. The maximum absolute atomic E-state index is 12.4. The molecule has 29 heavy (non-hydrogen) atoms. The van der Waals surface area contributed by atoms with Crippen molar-refractivity contribution in [2.75, 3.05) is 0 Å². The van der Waals surface area contributed by atoms with Gasteiger partial charge in [-0.3, -0.25) is 4.79 Å². The Hall–Kier alpha value is -3.32. The third-order valence-corrected chi connectivity index (χ3v) is 5.07. The second-order valence-corrected chi connectivity index (χ2v) is 7.20. The van der Waals surface area contributed by atoms with Crippen LogP contribution in [0.3, 0.4) is 0 Å². The summed E-state index contributed by atoms with van der Waals surface area (Å²) in [4.78, 5) is 19.6. The third kappa shape index (κ3) is 4.09. The van der Waals surface area contributed by atoms with Crippen molar-refractivity contribution in [2.24, 2.45) is 0 Å². The van der Waals surface area contributed by atoms with E-state index in [9.17, 15) is 9.90 Å². The van der Waals surface area contributed by atoms with Gasteiger partial charge in [-0.2, -0.15) is 0 Å². The fourth-order valence-corrected chi connectivity index (χ4v) is 3.45. The van der Waals surface area contributed by atoms with Crippen molar-refractivity contribution in [2.45, 2.75) is 38.3 Å². The number of H-pyrrole nitrogens is 1. The maximum atomic E-state index is 12.4. The van der Waals surface area contributed by atoms with E-state index in [-0.39, 0.29) is 17.4 Å². The van der Waals surface area contributed by atoms with Gasteiger partial charge in [-0.15, -0.1) is 5.10 Å². The van der Waals surface area contributed by atoms with Gasteiger partial charge in [-0.1, -0.05) is 65.9 Å². The van der Waals surface area contributed by atoms with Gasteiger partial charge in [0.1, 0.15) is 11.9 Å². The highest BCUT2D eigenvalue weighted by atomic mass is 16.3. The minimum absolute atomic E-state index is 0.0275. The molecule has 2 N–H and O–H groups in total. The molecule has 0 aliphatic carbocycles. The minimum atomic E-state index is -1.02. The summed E-state index contributed by atoms with van der Waals surface area (Å²) in [5.74, 6) is 0.189. The molecule has 0 amide bonds. The van der Waals surface area contributed by atoms with Crippen molar-refractivity contribution in [3.05, 3.63) is 88.0 Å². The summed E-state index contributed by atoms with van der Waals surface area (Å²) in [5.41, 5.74) is 2.13. The van der Waals surface area contributed by atoms with E-state index in [1.807, 2.05) is 43.3 Å². The summed E-state index contributed by atoms with van der Waals surface area (Å²) in [6, 6.07) is 19.5. The summed E-state index contributed by atoms with van der Waals surface area (Å²) < 4.78 is 1.68. The van der Waals surface area contributed by atoms with E-state index in [2.05, 4.69) is 32.4 Å². The number of hydrogen-bond acceptors (Lipinski definition) is 5. The van der Waals surface area contributed by atoms with E-state index in [0.717, 1.165) is 19.3 Å². The highest BCUT2D eigenvalue weighted by Crippen LogP contribution is 2.21. The van der Waals surface area contributed by atoms with E-state index in [0.29, 0.717) is 11.2 Å². The number of fused-ring (bicyclic) bond motifs is 1. The highest BCUT2D eigenvalue weighted by molar-refractivity contribution is 5.68. The second kappa shape index (κ2) is 8.36. The predicted molar refractivity (Wildman–Crippen MR) is 111 cm³/mol. The fourth-order valence-electron chi connectivity index (χ4n) is 3.45. The van der Waals surface area contributed by atoms with Crippen molar-refractivity contribution >= 4 is 11.2 Å². The van der Waals surface area contributed by atoms with Crippen LogP contribution in [0.2, 0.25) is 0 Å². The van der Waals surface area contributed by atoms with E-state index >= 15 is 0 Å². The monoisotopic (exact) mass is 389 g/mol. The predicted octanol–water partition coefficient (Wildman–Crippen LogP) is 3.18. The van der Waals surface area contributed by atoms with Gasteiger partial charge in [0.15, 0.2) is 11.2 Å². The Morgan fingerprint density at radius 2 is 1.76 bits per heavy atom. The van der Waals surface area contributed by atoms with Gasteiger partial charge in [0.2, 0.25) is 0 Å². The molecule has 0 saturated carbocycles. The normalized spacial score (nSPS) is 13.4. The number of aliphatic hydroxyl groups is 1. The Morgan fingerprint density at radius 3 is 2.48 bits per heavy atom. The third-order valence-electron chi connectivity index (χ3n) is 5.07. The standard InChI is InChI=1S/C22H23N5O2/c1-15(9-8-12-16-10-4-2-5-11-16)27-21-18(25-26-27)22(29)24-20(23-21)19(28)17-13-6-3-7-14-17/h2-7,10-11,13-15,19,28H,8-9,12H2,1H3,(H,23,24,29). The number of aromatic amines is 1. The summed E-state index contributed by atoms with van der Waals surface area (Å²) >= 11 is 0. The van der Waals surface area contributed by atoms with Gasteiger partial charge >= 0.3 is 0 Å². The molecule has 0 aliphatic heterocycles. The van der Waals surface area contributed by atoms with Gasteiger partial charge in [-0.05, 0) is 37.3 Å². The first-order valence-corrected chi connectivity index (χ1v) is 9.75. The largest absolute Gasteiger partial charge is 0.380 e. The number of rotatable bonds is 7. The number of aryl methyl sites for hydroxylation is 1. The molecule has 2 unspecified atom stereocenters. The van der Waals surface area contributed by atoms with E-state index < -0.39 is 11.7 Å². The first-order chi connectivity index (χ1) is 14.1. The first-order valence-electron chi connectivity index (χ1n) is 9.75. The van der Waals surface area contributed by atoms with Crippen LogP contribution in [0.1, 0.15) is 48.9 Å². The Bertz CT molecular complexity index is 1140. The SMILES string of the molecule is CC(CCCc1ccccc1)n1nnc2c(=O)[nH]c(C(O)c3ccccc3)nc21. The van der Waals surface area contributed by atoms with Gasteiger partial charge in [-0.25, -0.2) is 9.67 Å². The van der Waals surface area contributed by atoms with Crippen LogP contribution in [0.5, 0.6) is 0 Å². The lowest BCUT2D eigenvalue weighted by Gasteiger charge is -2.13. The van der Waals surface area contributed by atoms with Crippen molar-refractivity contribution < 1.29 is 5.11 Å². The molecule has 2 atom stereocenters. The zero-order valence-electron chi connectivity index (χ0n) is 16.2. The van der Waals surface area contributed by atoms with E-state index in [1.54, 1.807) is 16.8 Å². The molecule has 148 valence electrons. The lowest BCUT2D eigenvalue weighted by atomic mass is 10.1. The molecule has 7 nitrogen and oxygen atoms in total. The molecule has 2 aromatic heterocycles. The first kappa shape index (κ1) is 19.0. The lowest BCUT2D eigenvalue weighted by molar-refractivity contribution is 0.210. The molecule has 2 aromatic carbocycles. The molecule has 0 radical (unpaired) electrons. The second-order valence-electron chi connectivity index (χ2n) is 7.20. The summed E-state index contributed by atoms with van der Waals surface area (Å²) in [6.45, 7) is 2.04. The molecular weight excluding hydrogens is 366 g/mol. The number of nitrogens with zero attached hydrogens (tertiary/aromatic N) is 4. The molecule has 4 rings (SSSR count). The molecule has 0 saturated heterocycles. The summed E-state index contributed by atoms with van der Waals surface area (Å²) in [7, 11) is 0. The van der Waals surface area contributed by atoms with Crippen molar-refractivity contribution in [1.82, 2.24) is 25.0 Å². The molecule has 0 bridgehead atoms. The van der Waals surface area contributed by atoms with Crippen molar-refractivity contribution in [1.29, 1.82) is 0 Å². The minimum Gasteiger partial charge on any atom is -0.380 e. The molecule has 7 heteroatoms. The topological polar surface area (TPSA) is 96.7 Å². The van der Waals surface area contributed by atoms with Crippen LogP contribution in [0.15, 0.2) is 65.5 Å². The van der Waals surface area contributed by atoms with Crippen LogP contribution in [-0.4, -0.2) is 30.1 Å². The van der Waals surface area contributed by atoms with Gasteiger partial charge in [0, 0.05) is 0 Å². The molecular formula is C22H23N5O2. The Kier molecular flexibility index (Phi) is 5.48. The number of hydrogen-bond donors (Lipinski definition) is 2. The van der Waals surface area contributed by atoms with Crippen LogP contribution in [-0.2, 0) is 6.42 Å². The molecule has 0 spiro atoms. The van der Waals surface area contributed by atoms with Crippen LogP contribution in [0, 0.1) is 0 Å². The van der Waals surface area contributed by atoms with Crippen molar-refractivity contribution in [3.8, 4) is 0 Å². The lowest BCUT2D eigenvalue weighted by Crippen LogP contribution is -2.17. The van der Waals surface area contributed by atoms with E-state index in [1.165, 1.54) is 5.56 Å². The molecule has 4 aromatic rings. The highest BCUT2D eigenvalue weighted by Gasteiger charge is 2.20. The quantitative estimate of drug-likeness (QED) is 0.506. The zero-order chi connectivity index (χ0) is 20.2. The average molecular weight is 389 g/mol. The Balaban J connectivity index is 1.57. The van der Waals surface area contributed by atoms with Gasteiger partial charge < -0.3 is 10.1 Å². The number of aliphatic hydroxyl groups excluding tert-OH is 1. The zero-order valence-corrected chi connectivity index (χ0v) is 16.2. The summed E-state index contributed by atoms with van der Waals surface area (Å²) in [5, 5.41) is 18.8. The van der Waals surface area contributed by atoms with Gasteiger partial charge in [0.05, 0.1) is 6.04 Å². The maximum Gasteiger partial charge on any atom is 0.281 e.